The highest BCUT2D eigenvalue weighted by atomic mass is 32.1. The molecule has 0 unspecified atom stereocenters. The third-order valence-corrected chi connectivity index (χ3v) is 4.57. The summed E-state index contributed by atoms with van der Waals surface area (Å²) in [7, 11) is 1.53. The molecule has 2 aromatic carbocycles. The van der Waals surface area contributed by atoms with E-state index in [0.717, 1.165) is 10.8 Å². The second-order valence-corrected chi connectivity index (χ2v) is 6.29. The van der Waals surface area contributed by atoms with Crippen molar-refractivity contribution < 1.29 is 19.1 Å². The molecule has 0 aromatic heterocycles. The van der Waals surface area contributed by atoms with Crippen LogP contribution in [0.25, 0.3) is 16.8 Å². The van der Waals surface area contributed by atoms with Gasteiger partial charge in [0.1, 0.15) is 17.1 Å². The molecular weight excluding hydrogens is 364 g/mol. The van der Waals surface area contributed by atoms with Gasteiger partial charge >= 0.3 is 0 Å². The summed E-state index contributed by atoms with van der Waals surface area (Å²) in [6.07, 6.45) is 1.55. The van der Waals surface area contributed by atoms with E-state index in [9.17, 15) is 9.59 Å². The summed E-state index contributed by atoms with van der Waals surface area (Å²) in [5, 5.41) is 4.39. The quantitative estimate of drug-likeness (QED) is 0.488. The first-order valence-corrected chi connectivity index (χ1v) is 9.04. The molecule has 2 amide bonds. The molecule has 7 heteroatoms. The van der Waals surface area contributed by atoms with Crippen molar-refractivity contribution in [1.29, 1.82) is 0 Å². The summed E-state index contributed by atoms with van der Waals surface area (Å²) in [4.78, 5) is 26.2. The first-order chi connectivity index (χ1) is 13.0. The molecule has 0 bridgehead atoms. The number of carbonyl (C=O) groups is 2. The van der Waals surface area contributed by atoms with Gasteiger partial charge in [-0.05, 0) is 61.1 Å². The van der Waals surface area contributed by atoms with Crippen LogP contribution < -0.4 is 14.8 Å². The summed E-state index contributed by atoms with van der Waals surface area (Å²) in [6, 6.07) is 9.46. The fourth-order valence-electron chi connectivity index (χ4n) is 2.88. The molecular formula is C20H20N2O4S. The summed E-state index contributed by atoms with van der Waals surface area (Å²) in [6.45, 7) is 4.78. The van der Waals surface area contributed by atoms with Crippen molar-refractivity contribution >= 4 is 46.0 Å². The van der Waals surface area contributed by atoms with Gasteiger partial charge in [0.25, 0.3) is 11.8 Å². The molecule has 1 fully saturated rings. The highest BCUT2D eigenvalue weighted by molar-refractivity contribution is 7.80. The Kier molecular flexibility index (Phi) is 5.41. The summed E-state index contributed by atoms with van der Waals surface area (Å²) >= 11 is 5.00. The fourth-order valence-corrected chi connectivity index (χ4v) is 3.05. The van der Waals surface area contributed by atoms with Gasteiger partial charge in [0.05, 0.1) is 13.2 Å². The number of nitrogens with zero attached hydrogens (tertiary/aromatic N) is 1. The van der Waals surface area contributed by atoms with Crippen molar-refractivity contribution in [2.24, 2.45) is 0 Å². The summed E-state index contributed by atoms with van der Waals surface area (Å²) in [5.74, 6) is 0.311. The van der Waals surface area contributed by atoms with Crippen LogP contribution in [0.3, 0.4) is 0 Å². The van der Waals surface area contributed by atoms with E-state index in [1.165, 1.54) is 11.9 Å². The normalized spacial score (nSPS) is 16.0. The van der Waals surface area contributed by atoms with E-state index in [2.05, 4.69) is 5.32 Å². The number of hydrogen-bond donors (Lipinski definition) is 1. The van der Waals surface area contributed by atoms with Crippen molar-refractivity contribution in [3.63, 3.8) is 0 Å². The number of ether oxygens (including phenoxy) is 2. The molecule has 1 heterocycles. The maximum absolute atomic E-state index is 12.6. The van der Waals surface area contributed by atoms with E-state index < -0.39 is 11.8 Å². The Morgan fingerprint density at radius 1 is 1.11 bits per heavy atom. The molecule has 2 aromatic rings. The number of amides is 2. The lowest BCUT2D eigenvalue weighted by Crippen LogP contribution is -2.52. The molecule has 1 saturated heterocycles. The minimum Gasteiger partial charge on any atom is -0.494 e. The second kappa shape index (κ2) is 7.75. The summed E-state index contributed by atoms with van der Waals surface area (Å²) < 4.78 is 11.3. The van der Waals surface area contributed by atoms with Crippen LogP contribution in [0.5, 0.6) is 11.5 Å². The first-order valence-electron chi connectivity index (χ1n) is 8.63. The first kappa shape index (κ1) is 18.8. The van der Waals surface area contributed by atoms with Crippen molar-refractivity contribution in [2.45, 2.75) is 13.8 Å². The number of hydrogen-bond acceptors (Lipinski definition) is 5. The zero-order valence-electron chi connectivity index (χ0n) is 15.4. The molecule has 1 N–H and O–H groups in total. The van der Waals surface area contributed by atoms with Crippen molar-refractivity contribution in [2.75, 3.05) is 20.3 Å². The van der Waals surface area contributed by atoms with Crippen molar-refractivity contribution in [1.82, 2.24) is 10.2 Å². The van der Waals surface area contributed by atoms with E-state index in [1.807, 2.05) is 44.2 Å². The fraction of sp³-hybridized carbons (Fsp3) is 0.250. The zero-order valence-corrected chi connectivity index (χ0v) is 16.2. The predicted octanol–water partition coefficient (Wildman–Crippen LogP) is 2.89. The average Bonchev–Trinajstić information content (AvgIpc) is 2.65. The smallest absolute Gasteiger partial charge is 0.265 e. The summed E-state index contributed by atoms with van der Waals surface area (Å²) in [5.41, 5.74) is 0.650. The molecule has 0 spiro atoms. The number of likely N-dealkylation sites (N-methyl/N-ethyl adjacent to an activating group) is 1. The van der Waals surface area contributed by atoms with Gasteiger partial charge in [-0.25, -0.2) is 0 Å². The predicted molar refractivity (Wildman–Crippen MR) is 108 cm³/mol. The molecule has 1 aliphatic heterocycles. The monoisotopic (exact) mass is 384 g/mol. The Labute approximate surface area is 162 Å². The Hall–Kier alpha value is -2.93. The van der Waals surface area contributed by atoms with Gasteiger partial charge in [-0.15, -0.1) is 0 Å². The van der Waals surface area contributed by atoms with E-state index in [0.29, 0.717) is 30.3 Å². The Morgan fingerprint density at radius 2 is 1.81 bits per heavy atom. The third-order valence-electron chi connectivity index (χ3n) is 4.20. The Morgan fingerprint density at radius 3 is 2.52 bits per heavy atom. The van der Waals surface area contributed by atoms with Gasteiger partial charge in [-0.1, -0.05) is 12.1 Å². The molecule has 3 rings (SSSR count). The number of nitrogens with one attached hydrogen (secondary N) is 1. The van der Waals surface area contributed by atoms with Gasteiger partial charge in [-0.2, -0.15) is 0 Å². The lowest BCUT2D eigenvalue weighted by Gasteiger charge is -2.25. The van der Waals surface area contributed by atoms with Crippen LogP contribution >= 0.6 is 12.2 Å². The van der Waals surface area contributed by atoms with Gasteiger partial charge in [0.2, 0.25) is 0 Å². The topological polar surface area (TPSA) is 67.9 Å². The second-order valence-electron chi connectivity index (χ2n) is 5.91. The molecule has 1 aliphatic rings. The van der Waals surface area contributed by atoms with Gasteiger partial charge in [0, 0.05) is 12.6 Å². The zero-order chi connectivity index (χ0) is 19.6. The minimum atomic E-state index is -0.525. The van der Waals surface area contributed by atoms with E-state index >= 15 is 0 Å². The molecule has 140 valence electrons. The number of rotatable bonds is 5. The SMILES string of the molecule is CCOc1ccc2ccc(OCC)c(/C=C3/C(=O)NC(=S)N(C)C3=O)c2c1. The lowest BCUT2D eigenvalue weighted by molar-refractivity contribution is -0.128. The minimum absolute atomic E-state index is 0.00126. The van der Waals surface area contributed by atoms with Crippen LogP contribution in [0.4, 0.5) is 0 Å². The van der Waals surface area contributed by atoms with Crippen LogP contribution in [-0.4, -0.2) is 42.1 Å². The number of fused-ring (bicyclic) bond motifs is 1. The van der Waals surface area contributed by atoms with Crippen LogP contribution in [-0.2, 0) is 9.59 Å². The maximum Gasteiger partial charge on any atom is 0.265 e. The molecule has 6 nitrogen and oxygen atoms in total. The third kappa shape index (κ3) is 3.64. The van der Waals surface area contributed by atoms with Crippen molar-refractivity contribution in [3.8, 4) is 11.5 Å². The van der Waals surface area contributed by atoms with E-state index in [1.54, 1.807) is 6.08 Å². The van der Waals surface area contributed by atoms with Crippen LogP contribution in [0, 0.1) is 0 Å². The standard InChI is InChI=1S/C20H20N2O4S/c1-4-25-13-8-6-12-7-9-17(26-5-2)15(14(12)10-13)11-16-18(23)21-20(27)22(3)19(16)24/h6-11H,4-5H2,1-3H3,(H,21,23,27)/b16-11-. The van der Waals surface area contributed by atoms with E-state index in [4.69, 9.17) is 21.7 Å². The van der Waals surface area contributed by atoms with Crippen LogP contribution in [0.1, 0.15) is 19.4 Å². The Bertz CT molecular complexity index is 963. The lowest BCUT2D eigenvalue weighted by atomic mass is 9.99. The van der Waals surface area contributed by atoms with Crippen LogP contribution in [0.2, 0.25) is 0 Å². The maximum atomic E-state index is 12.6. The van der Waals surface area contributed by atoms with E-state index in [-0.39, 0.29) is 10.7 Å². The highest BCUT2D eigenvalue weighted by Gasteiger charge is 2.31. The van der Waals surface area contributed by atoms with Crippen molar-refractivity contribution in [3.05, 3.63) is 41.5 Å². The number of thiocarbonyl (C=S) groups is 1. The largest absolute Gasteiger partial charge is 0.494 e. The number of carbonyl (C=O) groups excluding carboxylic acids is 2. The molecule has 0 aliphatic carbocycles. The Balaban J connectivity index is 2.22. The highest BCUT2D eigenvalue weighted by Crippen LogP contribution is 2.33. The molecule has 27 heavy (non-hydrogen) atoms. The average molecular weight is 384 g/mol. The number of benzene rings is 2. The van der Waals surface area contributed by atoms with Gasteiger partial charge in [-0.3, -0.25) is 19.8 Å². The molecule has 0 radical (unpaired) electrons. The van der Waals surface area contributed by atoms with Gasteiger partial charge < -0.3 is 9.47 Å². The van der Waals surface area contributed by atoms with Gasteiger partial charge in [0.15, 0.2) is 5.11 Å². The molecule has 0 atom stereocenters. The van der Waals surface area contributed by atoms with Crippen LogP contribution in [0.15, 0.2) is 35.9 Å². The molecule has 0 saturated carbocycles.